The number of hydrogen-bond acceptors (Lipinski definition) is 5. The van der Waals surface area contributed by atoms with Gasteiger partial charge < -0.3 is 4.74 Å². The Morgan fingerprint density at radius 1 is 1.24 bits per heavy atom. The van der Waals surface area contributed by atoms with Gasteiger partial charge in [-0.25, -0.2) is 13.3 Å². The van der Waals surface area contributed by atoms with E-state index in [1.807, 2.05) is 30.3 Å². The van der Waals surface area contributed by atoms with Gasteiger partial charge >= 0.3 is 16.5 Å². The van der Waals surface area contributed by atoms with Gasteiger partial charge in [0.05, 0.1) is 19.6 Å². The molecule has 7 heteroatoms. The molecule has 0 saturated carbocycles. The first kappa shape index (κ1) is 15.2. The van der Waals surface area contributed by atoms with Gasteiger partial charge in [0.2, 0.25) is 0 Å². The predicted octanol–water partition coefficient (Wildman–Crippen LogP) is 1.07. The maximum Gasteiger partial charge on any atom is 0.341 e. The van der Waals surface area contributed by atoms with Crippen LogP contribution < -0.4 is 10.6 Å². The molecule has 0 aliphatic rings. The summed E-state index contributed by atoms with van der Waals surface area (Å²) < 4.78 is 7.27. The maximum absolute atomic E-state index is 12.1. The molecule has 0 spiro atoms. The van der Waals surface area contributed by atoms with Gasteiger partial charge in [0.1, 0.15) is 0 Å². The van der Waals surface area contributed by atoms with Crippen molar-refractivity contribution in [3.8, 4) is 0 Å². The van der Waals surface area contributed by atoms with Gasteiger partial charge in [0, 0.05) is 18.1 Å². The minimum atomic E-state index is -0.391. The first-order valence-corrected chi connectivity index (χ1v) is 7.39. The zero-order chi connectivity index (χ0) is 15.2. The quantitative estimate of drug-likeness (QED) is 0.749. The normalized spacial score (nSPS) is 10.5. The summed E-state index contributed by atoms with van der Waals surface area (Å²) in [5.41, 5.74) is 0.491. The van der Waals surface area contributed by atoms with E-state index in [4.69, 9.17) is 4.74 Å². The van der Waals surface area contributed by atoms with Crippen molar-refractivity contribution in [3.63, 3.8) is 0 Å². The Morgan fingerprint density at radius 3 is 2.62 bits per heavy atom. The van der Waals surface area contributed by atoms with Crippen molar-refractivity contribution in [2.45, 2.75) is 26.4 Å². The molecule has 0 unspecified atom stereocenters. The number of esters is 1. The molecule has 0 amide bonds. The molecule has 1 aromatic heterocycles. The fourth-order valence-electron chi connectivity index (χ4n) is 1.86. The SMILES string of the molecule is CCOC(=O)CCn1sc(=O)n(Cc2ccccc2)c1=O. The maximum atomic E-state index is 12.1. The summed E-state index contributed by atoms with van der Waals surface area (Å²) in [5, 5.41) is 0. The molecule has 2 aromatic rings. The van der Waals surface area contributed by atoms with E-state index in [9.17, 15) is 14.4 Å². The van der Waals surface area contributed by atoms with Crippen molar-refractivity contribution in [2.24, 2.45) is 0 Å². The molecule has 0 bridgehead atoms. The number of nitrogens with zero attached hydrogens (tertiary/aromatic N) is 2. The van der Waals surface area contributed by atoms with E-state index in [2.05, 4.69) is 0 Å². The fraction of sp³-hybridized carbons (Fsp3) is 0.357. The Morgan fingerprint density at radius 2 is 1.95 bits per heavy atom. The van der Waals surface area contributed by atoms with Gasteiger partial charge in [-0.2, -0.15) is 0 Å². The van der Waals surface area contributed by atoms with Crippen LogP contribution in [0.3, 0.4) is 0 Å². The van der Waals surface area contributed by atoms with Crippen LogP contribution in [0.4, 0.5) is 0 Å². The van der Waals surface area contributed by atoms with E-state index >= 15 is 0 Å². The molecular formula is C14H16N2O4S. The number of aryl methyl sites for hydroxylation is 1. The smallest absolute Gasteiger partial charge is 0.341 e. The molecule has 0 aliphatic heterocycles. The van der Waals surface area contributed by atoms with Crippen LogP contribution in [0.1, 0.15) is 18.9 Å². The summed E-state index contributed by atoms with van der Waals surface area (Å²) in [6.45, 7) is 2.43. The Labute approximate surface area is 125 Å². The first-order chi connectivity index (χ1) is 10.1. The molecule has 21 heavy (non-hydrogen) atoms. The minimum Gasteiger partial charge on any atom is -0.466 e. The zero-order valence-corrected chi connectivity index (χ0v) is 12.5. The van der Waals surface area contributed by atoms with Gasteiger partial charge in [-0.1, -0.05) is 30.3 Å². The summed E-state index contributed by atoms with van der Waals surface area (Å²) in [6, 6.07) is 9.29. The van der Waals surface area contributed by atoms with Gasteiger partial charge in [-0.3, -0.25) is 9.59 Å². The Balaban J connectivity index is 2.13. The second kappa shape index (κ2) is 7.03. The third kappa shape index (κ3) is 3.91. The van der Waals surface area contributed by atoms with Crippen LogP contribution in [-0.2, 0) is 22.6 Å². The van der Waals surface area contributed by atoms with Crippen LogP contribution in [0, 0.1) is 0 Å². The van der Waals surface area contributed by atoms with Crippen molar-refractivity contribution in [1.82, 2.24) is 8.52 Å². The van der Waals surface area contributed by atoms with Crippen molar-refractivity contribution >= 4 is 17.5 Å². The van der Waals surface area contributed by atoms with Gasteiger partial charge in [0.25, 0.3) is 0 Å². The number of aromatic nitrogens is 2. The molecule has 0 N–H and O–H groups in total. The average Bonchev–Trinajstić information content (AvgIpc) is 2.74. The zero-order valence-electron chi connectivity index (χ0n) is 11.7. The van der Waals surface area contributed by atoms with E-state index in [-0.39, 0.29) is 30.4 Å². The molecule has 2 rings (SSSR count). The topological polar surface area (TPSA) is 70.3 Å². The van der Waals surface area contributed by atoms with E-state index in [1.54, 1.807) is 6.92 Å². The number of carbonyl (C=O) groups is 1. The summed E-state index contributed by atoms with van der Waals surface area (Å²) in [5.74, 6) is -0.375. The number of benzene rings is 1. The molecule has 1 heterocycles. The molecule has 6 nitrogen and oxygen atoms in total. The number of carbonyl (C=O) groups excluding carboxylic acids is 1. The third-order valence-corrected chi connectivity index (χ3v) is 3.80. The van der Waals surface area contributed by atoms with Gasteiger partial charge in [0.15, 0.2) is 0 Å². The second-order valence-electron chi connectivity index (χ2n) is 4.37. The third-order valence-electron chi connectivity index (χ3n) is 2.86. The van der Waals surface area contributed by atoms with E-state index in [0.29, 0.717) is 6.61 Å². The van der Waals surface area contributed by atoms with Crippen LogP contribution in [0.5, 0.6) is 0 Å². The largest absolute Gasteiger partial charge is 0.466 e. The molecular weight excluding hydrogens is 292 g/mol. The van der Waals surface area contributed by atoms with Crippen LogP contribution in [-0.4, -0.2) is 21.1 Å². The fourth-order valence-corrected chi connectivity index (χ4v) is 2.65. The number of ether oxygens (including phenoxy) is 1. The Kier molecular flexibility index (Phi) is 5.10. The van der Waals surface area contributed by atoms with Crippen molar-refractivity contribution in [3.05, 3.63) is 56.0 Å². The lowest BCUT2D eigenvalue weighted by Crippen LogP contribution is -2.29. The minimum absolute atomic E-state index is 0.0824. The lowest BCUT2D eigenvalue weighted by atomic mass is 10.2. The van der Waals surface area contributed by atoms with Gasteiger partial charge in [-0.15, -0.1) is 0 Å². The van der Waals surface area contributed by atoms with E-state index in [0.717, 1.165) is 17.1 Å². The van der Waals surface area contributed by atoms with Crippen LogP contribution in [0.25, 0.3) is 0 Å². The summed E-state index contributed by atoms with van der Waals surface area (Å²) in [7, 11) is 0. The van der Waals surface area contributed by atoms with E-state index < -0.39 is 5.69 Å². The van der Waals surface area contributed by atoms with Crippen LogP contribution in [0.2, 0.25) is 0 Å². The average molecular weight is 308 g/mol. The highest BCUT2D eigenvalue weighted by molar-refractivity contribution is 7.03. The summed E-state index contributed by atoms with van der Waals surface area (Å²) in [6.07, 6.45) is 0.0824. The number of rotatable bonds is 6. The highest BCUT2D eigenvalue weighted by atomic mass is 32.1. The predicted molar refractivity (Wildman–Crippen MR) is 79.6 cm³/mol. The monoisotopic (exact) mass is 308 g/mol. The molecule has 112 valence electrons. The molecule has 0 saturated heterocycles. The highest BCUT2D eigenvalue weighted by Crippen LogP contribution is 2.00. The van der Waals surface area contributed by atoms with Crippen molar-refractivity contribution in [1.29, 1.82) is 0 Å². The molecule has 0 atom stereocenters. The molecule has 0 fully saturated rings. The van der Waals surface area contributed by atoms with Gasteiger partial charge in [-0.05, 0) is 12.5 Å². The lowest BCUT2D eigenvalue weighted by Gasteiger charge is -2.02. The van der Waals surface area contributed by atoms with Crippen LogP contribution >= 0.6 is 11.5 Å². The molecule has 1 aromatic carbocycles. The summed E-state index contributed by atoms with van der Waals surface area (Å²) >= 11 is 0.824. The Bertz CT molecular complexity index is 715. The summed E-state index contributed by atoms with van der Waals surface area (Å²) in [4.78, 5) is 35.0. The van der Waals surface area contributed by atoms with Crippen LogP contribution in [0.15, 0.2) is 39.9 Å². The molecule has 0 radical (unpaired) electrons. The highest BCUT2D eigenvalue weighted by Gasteiger charge is 2.12. The standard InChI is InChI=1S/C14H16N2O4S/c1-2-20-12(17)8-9-16-13(18)15(14(19)21-16)10-11-6-4-3-5-7-11/h3-7H,2,8-10H2,1H3. The number of hydrogen-bond donors (Lipinski definition) is 0. The molecule has 0 aliphatic carbocycles. The van der Waals surface area contributed by atoms with Crippen molar-refractivity contribution < 1.29 is 9.53 Å². The van der Waals surface area contributed by atoms with E-state index in [1.165, 1.54) is 8.52 Å². The first-order valence-electron chi connectivity index (χ1n) is 6.62. The Hall–Kier alpha value is -2.15. The lowest BCUT2D eigenvalue weighted by molar-refractivity contribution is -0.143. The second-order valence-corrected chi connectivity index (χ2v) is 5.34. The van der Waals surface area contributed by atoms with Crippen molar-refractivity contribution in [2.75, 3.05) is 6.61 Å².